The van der Waals surface area contributed by atoms with Crippen molar-refractivity contribution in [3.8, 4) is 11.5 Å². The predicted octanol–water partition coefficient (Wildman–Crippen LogP) is 3.65. The third-order valence-electron chi connectivity index (χ3n) is 7.50. The van der Waals surface area contributed by atoms with Crippen LogP contribution in [0.25, 0.3) is 0 Å². The second-order valence-electron chi connectivity index (χ2n) is 10.1. The van der Waals surface area contributed by atoms with Crippen molar-refractivity contribution in [2.24, 2.45) is 5.73 Å². The fourth-order valence-corrected chi connectivity index (χ4v) is 5.22. The molecule has 3 aromatic rings. The zero-order valence-corrected chi connectivity index (χ0v) is 24.2. The number of amides is 4. The highest BCUT2D eigenvalue weighted by molar-refractivity contribution is 6.08. The number of nitrogen functional groups attached to an aromatic ring is 1. The van der Waals surface area contributed by atoms with Crippen molar-refractivity contribution in [1.82, 2.24) is 14.9 Å². The van der Waals surface area contributed by atoms with Crippen LogP contribution in [0.5, 0.6) is 11.5 Å². The monoisotopic (exact) mass is 587 g/mol. The van der Waals surface area contributed by atoms with E-state index in [0.717, 1.165) is 22.5 Å². The number of carbonyl (C=O) groups excluding carboxylic acids is 3. The number of carbonyl (C=O) groups is 4. The van der Waals surface area contributed by atoms with Gasteiger partial charge >= 0.3 is 12.0 Å². The summed E-state index contributed by atoms with van der Waals surface area (Å²) in [7, 11) is 2.86. The molecule has 2 unspecified atom stereocenters. The van der Waals surface area contributed by atoms with Gasteiger partial charge in [-0.3, -0.25) is 24.7 Å². The summed E-state index contributed by atoms with van der Waals surface area (Å²) < 4.78 is 10.7. The van der Waals surface area contributed by atoms with Crippen LogP contribution < -0.4 is 15.2 Å². The molecule has 1 aliphatic heterocycles. The van der Waals surface area contributed by atoms with Crippen LogP contribution in [0.4, 0.5) is 4.79 Å². The second kappa shape index (κ2) is 12.2. The van der Waals surface area contributed by atoms with Crippen LogP contribution in [0.15, 0.2) is 72.8 Å². The smallest absolute Gasteiger partial charge is 0.347 e. The molecule has 0 aromatic heterocycles. The fraction of sp³-hybridized carbons (Fsp3) is 0.258. The number of benzene rings is 3. The Labute approximate surface area is 248 Å². The van der Waals surface area contributed by atoms with Gasteiger partial charge in [-0.25, -0.2) is 9.80 Å². The summed E-state index contributed by atoms with van der Waals surface area (Å²) >= 11 is 0. The first-order valence-corrected chi connectivity index (χ1v) is 13.3. The van der Waals surface area contributed by atoms with E-state index >= 15 is 0 Å². The van der Waals surface area contributed by atoms with Crippen molar-refractivity contribution in [2.45, 2.75) is 38.4 Å². The number of nitrogens with one attached hydrogen (secondary N) is 1. The van der Waals surface area contributed by atoms with Crippen molar-refractivity contribution >= 4 is 29.7 Å². The van der Waals surface area contributed by atoms with E-state index in [4.69, 9.17) is 20.6 Å². The van der Waals surface area contributed by atoms with Crippen molar-refractivity contribution in [2.75, 3.05) is 14.2 Å². The topological polar surface area (TPSA) is 167 Å². The van der Waals surface area contributed by atoms with Crippen LogP contribution >= 0.6 is 0 Å². The molecule has 3 aromatic carbocycles. The predicted molar refractivity (Wildman–Crippen MR) is 156 cm³/mol. The van der Waals surface area contributed by atoms with Crippen molar-refractivity contribution < 1.29 is 33.8 Å². The van der Waals surface area contributed by atoms with E-state index in [1.807, 2.05) is 6.07 Å². The van der Waals surface area contributed by atoms with Gasteiger partial charge in [-0.05, 0) is 35.7 Å². The molecule has 0 aliphatic carbocycles. The molecule has 0 saturated carbocycles. The summed E-state index contributed by atoms with van der Waals surface area (Å²) in [6.07, 6.45) is -0.616. The van der Waals surface area contributed by atoms with Gasteiger partial charge in [-0.2, -0.15) is 5.01 Å². The minimum Gasteiger partial charge on any atom is -0.493 e. The molecule has 1 heterocycles. The van der Waals surface area contributed by atoms with Crippen LogP contribution in [-0.2, 0) is 26.5 Å². The first-order chi connectivity index (χ1) is 20.4. The summed E-state index contributed by atoms with van der Waals surface area (Å²) in [6, 6.07) is 17.9. The molecule has 43 heavy (non-hydrogen) atoms. The lowest BCUT2D eigenvalue weighted by atomic mass is 9.89. The van der Waals surface area contributed by atoms with E-state index in [1.54, 1.807) is 67.6 Å². The Morgan fingerprint density at radius 2 is 1.63 bits per heavy atom. The Morgan fingerprint density at radius 3 is 2.16 bits per heavy atom. The molecule has 12 nitrogen and oxygen atoms in total. The Hall–Kier alpha value is -5.39. The average molecular weight is 588 g/mol. The maximum atomic E-state index is 14.5. The van der Waals surface area contributed by atoms with Crippen LogP contribution in [0, 0.1) is 5.41 Å². The first kappa shape index (κ1) is 30.6. The summed E-state index contributed by atoms with van der Waals surface area (Å²) in [5.41, 5.74) is 5.90. The third-order valence-corrected chi connectivity index (χ3v) is 7.50. The number of urea groups is 1. The minimum atomic E-state index is -1.61. The summed E-state index contributed by atoms with van der Waals surface area (Å²) in [6.45, 7) is 2.74. The normalized spacial score (nSPS) is 17.0. The second-order valence-corrected chi connectivity index (χ2v) is 10.1. The van der Waals surface area contributed by atoms with Gasteiger partial charge in [0.05, 0.1) is 26.7 Å². The standard InChI is InChI=1S/C31H33N5O7/c1-19(37)35(24(17-27(38)39)22-12-15-25(42-3)26(16-22)43-4)36-29(40)31(2,23-13-10-21(11-14-23)28(32)33)34(30(36)41)18-20-8-6-5-7-9-20/h5-16,24H,17-18H2,1-4H3,(H3,32,33)(H,38,39). The number of carboxylic acids is 1. The molecular weight excluding hydrogens is 554 g/mol. The largest absolute Gasteiger partial charge is 0.493 e. The number of aliphatic carboxylic acids is 1. The molecule has 0 radical (unpaired) electrons. The maximum Gasteiger partial charge on any atom is 0.347 e. The highest BCUT2D eigenvalue weighted by Gasteiger charge is 2.58. The summed E-state index contributed by atoms with van der Waals surface area (Å²) in [5, 5.41) is 19.2. The van der Waals surface area contributed by atoms with Gasteiger partial charge < -0.3 is 20.3 Å². The molecule has 4 rings (SSSR count). The average Bonchev–Trinajstić information content (AvgIpc) is 3.17. The number of ether oxygens (including phenoxy) is 2. The highest BCUT2D eigenvalue weighted by atomic mass is 16.5. The molecule has 1 aliphatic rings. The molecule has 4 amide bonds. The van der Waals surface area contributed by atoms with Gasteiger partial charge in [-0.15, -0.1) is 0 Å². The maximum absolute atomic E-state index is 14.5. The van der Waals surface area contributed by atoms with E-state index in [-0.39, 0.29) is 18.1 Å². The molecule has 4 N–H and O–H groups in total. The van der Waals surface area contributed by atoms with Gasteiger partial charge in [0.15, 0.2) is 11.5 Å². The Bertz CT molecular complexity index is 1560. The minimum absolute atomic E-state index is 0.0125. The molecule has 0 bridgehead atoms. The van der Waals surface area contributed by atoms with E-state index in [0.29, 0.717) is 22.4 Å². The number of hydrazine groups is 1. The number of imide groups is 1. The van der Waals surface area contributed by atoms with Gasteiger partial charge in [0, 0.05) is 19.0 Å². The van der Waals surface area contributed by atoms with Gasteiger partial charge in [-0.1, -0.05) is 60.7 Å². The number of methoxy groups -OCH3 is 2. The molecule has 0 spiro atoms. The van der Waals surface area contributed by atoms with Crippen molar-refractivity contribution in [3.05, 3.63) is 95.1 Å². The quantitative estimate of drug-likeness (QED) is 0.174. The van der Waals surface area contributed by atoms with E-state index in [2.05, 4.69) is 0 Å². The van der Waals surface area contributed by atoms with E-state index < -0.39 is 41.8 Å². The number of nitrogens with zero attached hydrogens (tertiary/aromatic N) is 3. The number of amidine groups is 1. The summed E-state index contributed by atoms with van der Waals surface area (Å²) in [4.78, 5) is 55.5. The molecule has 1 fully saturated rings. The first-order valence-electron chi connectivity index (χ1n) is 13.3. The fourth-order valence-electron chi connectivity index (χ4n) is 5.22. The van der Waals surface area contributed by atoms with Gasteiger partial charge in [0.25, 0.3) is 5.91 Å². The lowest BCUT2D eigenvalue weighted by molar-refractivity contribution is -0.162. The molecule has 224 valence electrons. The Morgan fingerprint density at radius 1 is 1.00 bits per heavy atom. The van der Waals surface area contributed by atoms with Crippen LogP contribution in [0.3, 0.4) is 0 Å². The Balaban J connectivity index is 1.88. The number of hydrogen-bond donors (Lipinski definition) is 3. The molecule has 12 heteroatoms. The number of rotatable bonds is 11. The third kappa shape index (κ3) is 5.71. The van der Waals surface area contributed by atoms with Crippen LogP contribution in [0.2, 0.25) is 0 Å². The lowest BCUT2D eigenvalue weighted by Gasteiger charge is -2.35. The summed E-state index contributed by atoms with van der Waals surface area (Å²) in [5.74, 6) is -2.25. The lowest BCUT2D eigenvalue weighted by Crippen LogP contribution is -2.52. The van der Waals surface area contributed by atoms with Crippen molar-refractivity contribution in [1.29, 1.82) is 5.41 Å². The molecular formula is C31H33N5O7. The number of hydrogen-bond acceptors (Lipinski definition) is 7. The zero-order chi connectivity index (χ0) is 31.5. The van der Waals surface area contributed by atoms with Gasteiger partial charge in [0.2, 0.25) is 5.91 Å². The number of nitrogens with two attached hydrogens (primary N) is 1. The molecule has 2 atom stereocenters. The van der Waals surface area contributed by atoms with E-state index in [1.165, 1.54) is 25.2 Å². The van der Waals surface area contributed by atoms with Crippen molar-refractivity contribution in [3.63, 3.8) is 0 Å². The van der Waals surface area contributed by atoms with Gasteiger partial charge in [0.1, 0.15) is 11.4 Å². The Kier molecular flexibility index (Phi) is 8.69. The SMILES string of the molecule is COc1ccc(C(CC(=O)O)N(C(C)=O)N2C(=O)N(Cc3ccccc3)C(C)(c3ccc(C(=N)N)cc3)C2=O)cc1OC. The van der Waals surface area contributed by atoms with E-state index in [9.17, 15) is 24.3 Å². The zero-order valence-electron chi connectivity index (χ0n) is 24.2. The highest BCUT2D eigenvalue weighted by Crippen LogP contribution is 2.42. The van der Waals surface area contributed by atoms with Crippen LogP contribution in [-0.4, -0.2) is 63.9 Å². The van der Waals surface area contributed by atoms with Crippen LogP contribution in [0.1, 0.15) is 48.6 Å². The number of carboxylic acid groups (broad SMARTS) is 1. The molecule has 1 saturated heterocycles.